The van der Waals surface area contributed by atoms with Crippen LogP contribution in [0.4, 0.5) is 0 Å². The zero-order valence-corrected chi connectivity index (χ0v) is 13.0. The minimum absolute atomic E-state index is 0.176. The van der Waals surface area contributed by atoms with Gasteiger partial charge in [0, 0.05) is 31.8 Å². The highest BCUT2D eigenvalue weighted by atomic mass is 16.5. The average molecular weight is 320 g/mol. The van der Waals surface area contributed by atoms with Gasteiger partial charge in [-0.25, -0.2) is 4.98 Å². The standard InChI is InChI=1S/C16H20N2O5/c1-2-23-13-12(4-3-6-17-13)14(19)18-8-11-9-22-7-5-16(11,10-18)15(20)21/h3-4,6,11H,2,5,7-10H2,1H3,(H,20,21)/t11-,16+/m0/s1. The fourth-order valence-electron chi connectivity index (χ4n) is 3.43. The Labute approximate surface area is 134 Å². The Balaban J connectivity index is 1.86. The summed E-state index contributed by atoms with van der Waals surface area (Å²) in [4.78, 5) is 30.3. The van der Waals surface area contributed by atoms with E-state index in [4.69, 9.17) is 9.47 Å². The molecule has 0 saturated carbocycles. The lowest BCUT2D eigenvalue weighted by molar-refractivity contribution is -0.157. The van der Waals surface area contributed by atoms with Crippen molar-refractivity contribution in [1.82, 2.24) is 9.88 Å². The van der Waals surface area contributed by atoms with Gasteiger partial charge >= 0.3 is 5.97 Å². The first-order chi connectivity index (χ1) is 11.1. The molecule has 1 N–H and O–H groups in total. The van der Waals surface area contributed by atoms with Gasteiger partial charge in [0.2, 0.25) is 5.88 Å². The molecule has 3 heterocycles. The van der Waals surface area contributed by atoms with Crippen molar-refractivity contribution in [2.45, 2.75) is 13.3 Å². The van der Waals surface area contributed by atoms with Crippen LogP contribution in [-0.2, 0) is 9.53 Å². The molecule has 1 amide bonds. The molecular weight excluding hydrogens is 300 g/mol. The van der Waals surface area contributed by atoms with E-state index in [9.17, 15) is 14.7 Å². The zero-order valence-electron chi connectivity index (χ0n) is 13.0. The van der Waals surface area contributed by atoms with Crippen molar-refractivity contribution in [2.24, 2.45) is 11.3 Å². The van der Waals surface area contributed by atoms with Gasteiger partial charge in [-0.1, -0.05) is 0 Å². The summed E-state index contributed by atoms with van der Waals surface area (Å²) in [6.45, 7) is 3.61. The van der Waals surface area contributed by atoms with Gasteiger partial charge in [-0.3, -0.25) is 9.59 Å². The molecule has 23 heavy (non-hydrogen) atoms. The normalized spacial score (nSPS) is 26.7. The molecule has 0 aliphatic carbocycles. The van der Waals surface area contributed by atoms with Crippen LogP contribution in [0.25, 0.3) is 0 Å². The number of pyridine rings is 1. The Morgan fingerprint density at radius 1 is 1.57 bits per heavy atom. The number of hydrogen-bond acceptors (Lipinski definition) is 5. The summed E-state index contributed by atoms with van der Waals surface area (Å²) in [6.07, 6.45) is 2.00. The molecule has 0 radical (unpaired) electrons. The van der Waals surface area contributed by atoms with Gasteiger partial charge in [-0.2, -0.15) is 0 Å². The van der Waals surface area contributed by atoms with Crippen LogP contribution in [-0.4, -0.2) is 59.8 Å². The van der Waals surface area contributed by atoms with E-state index < -0.39 is 11.4 Å². The van der Waals surface area contributed by atoms with Crippen molar-refractivity contribution in [1.29, 1.82) is 0 Å². The Hall–Kier alpha value is -2.15. The van der Waals surface area contributed by atoms with E-state index in [2.05, 4.69) is 4.98 Å². The minimum atomic E-state index is -0.901. The van der Waals surface area contributed by atoms with Crippen LogP contribution in [0, 0.1) is 11.3 Å². The van der Waals surface area contributed by atoms with E-state index in [1.807, 2.05) is 6.92 Å². The molecule has 7 heteroatoms. The average Bonchev–Trinajstić information content (AvgIpc) is 2.96. The van der Waals surface area contributed by atoms with Gasteiger partial charge in [-0.15, -0.1) is 0 Å². The van der Waals surface area contributed by atoms with Crippen LogP contribution in [0.1, 0.15) is 23.7 Å². The largest absolute Gasteiger partial charge is 0.481 e. The molecule has 2 atom stereocenters. The number of ether oxygens (including phenoxy) is 2. The molecule has 2 aliphatic rings. The number of carboxylic acids is 1. The Bertz CT molecular complexity index is 620. The Morgan fingerprint density at radius 3 is 3.09 bits per heavy atom. The monoisotopic (exact) mass is 320 g/mol. The van der Waals surface area contributed by atoms with Crippen LogP contribution in [0.5, 0.6) is 5.88 Å². The second kappa shape index (κ2) is 6.16. The van der Waals surface area contributed by atoms with Gasteiger partial charge < -0.3 is 19.5 Å². The fourth-order valence-corrected chi connectivity index (χ4v) is 3.43. The lowest BCUT2D eigenvalue weighted by Crippen LogP contribution is -2.45. The van der Waals surface area contributed by atoms with E-state index in [0.717, 1.165) is 0 Å². The van der Waals surface area contributed by atoms with Crippen LogP contribution < -0.4 is 4.74 Å². The zero-order chi connectivity index (χ0) is 16.4. The highest BCUT2D eigenvalue weighted by Gasteiger charge is 2.55. The number of carboxylic acid groups (broad SMARTS) is 1. The highest BCUT2D eigenvalue weighted by molar-refractivity contribution is 5.97. The summed E-state index contributed by atoms with van der Waals surface area (Å²) in [7, 11) is 0. The number of carbonyl (C=O) groups excluding carboxylic acids is 1. The van der Waals surface area contributed by atoms with E-state index in [0.29, 0.717) is 38.3 Å². The molecular formula is C16H20N2O5. The fraction of sp³-hybridized carbons (Fsp3) is 0.562. The molecule has 0 spiro atoms. The summed E-state index contributed by atoms with van der Waals surface area (Å²) < 4.78 is 10.8. The van der Waals surface area contributed by atoms with E-state index in [1.54, 1.807) is 23.2 Å². The second-order valence-corrected chi connectivity index (χ2v) is 5.96. The van der Waals surface area contributed by atoms with Crippen LogP contribution >= 0.6 is 0 Å². The molecule has 2 fully saturated rings. The number of nitrogens with zero attached hydrogens (tertiary/aromatic N) is 2. The van der Waals surface area contributed by atoms with Gasteiger partial charge in [0.25, 0.3) is 5.91 Å². The smallest absolute Gasteiger partial charge is 0.311 e. The van der Waals surface area contributed by atoms with Crippen molar-refractivity contribution in [3.8, 4) is 5.88 Å². The van der Waals surface area contributed by atoms with Crippen molar-refractivity contribution in [2.75, 3.05) is 32.9 Å². The molecule has 2 aliphatic heterocycles. The number of aromatic nitrogens is 1. The number of hydrogen-bond donors (Lipinski definition) is 1. The van der Waals surface area contributed by atoms with E-state index >= 15 is 0 Å². The molecule has 7 nitrogen and oxygen atoms in total. The quantitative estimate of drug-likeness (QED) is 0.892. The van der Waals surface area contributed by atoms with Crippen LogP contribution in [0.15, 0.2) is 18.3 Å². The topological polar surface area (TPSA) is 89.0 Å². The summed E-state index contributed by atoms with van der Waals surface area (Å²) in [5.41, 5.74) is -0.531. The van der Waals surface area contributed by atoms with E-state index in [1.165, 1.54) is 0 Å². The molecule has 1 aromatic rings. The second-order valence-electron chi connectivity index (χ2n) is 5.96. The van der Waals surface area contributed by atoms with Gasteiger partial charge in [-0.05, 0) is 25.5 Å². The molecule has 124 valence electrons. The van der Waals surface area contributed by atoms with Crippen LogP contribution in [0.2, 0.25) is 0 Å². The molecule has 1 aromatic heterocycles. The number of carbonyl (C=O) groups is 2. The minimum Gasteiger partial charge on any atom is -0.481 e. The van der Waals surface area contributed by atoms with Gasteiger partial charge in [0.15, 0.2) is 0 Å². The maximum Gasteiger partial charge on any atom is 0.311 e. The van der Waals surface area contributed by atoms with Gasteiger partial charge in [0.1, 0.15) is 5.56 Å². The van der Waals surface area contributed by atoms with Crippen LogP contribution in [0.3, 0.4) is 0 Å². The Morgan fingerprint density at radius 2 is 2.39 bits per heavy atom. The predicted octanol–water partition coefficient (Wildman–Crippen LogP) is 1.04. The first-order valence-corrected chi connectivity index (χ1v) is 7.76. The lowest BCUT2D eigenvalue weighted by atomic mass is 9.74. The summed E-state index contributed by atoms with van der Waals surface area (Å²) >= 11 is 0. The third kappa shape index (κ3) is 2.65. The number of amides is 1. The third-order valence-corrected chi connectivity index (χ3v) is 4.70. The summed E-state index contributed by atoms with van der Waals surface area (Å²) in [6, 6.07) is 3.33. The molecule has 0 aromatic carbocycles. The number of fused-ring (bicyclic) bond motifs is 1. The number of rotatable bonds is 4. The number of likely N-dealkylation sites (tertiary alicyclic amines) is 1. The lowest BCUT2D eigenvalue weighted by Gasteiger charge is -2.33. The molecule has 0 unspecified atom stereocenters. The predicted molar refractivity (Wildman–Crippen MR) is 80.3 cm³/mol. The van der Waals surface area contributed by atoms with Crippen molar-refractivity contribution in [3.05, 3.63) is 23.9 Å². The van der Waals surface area contributed by atoms with Crippen molar-refractivity contribution >= 4 is 11.9 Å². The maximum absolute atomic E-state index is 12.8. The summed E-state index contributed by atoms with van der Waals surface area (Å²) in [5.74, 6) is -0.977. The Kier molecular flexibility index (Phi) is 4.21. The van der Waals surface area contributed by atoms with Gasteiger partial charge in [0.05, 0.1) is 18.6 Å². The van der Waals surface area contributed by atoms with Crippen molar-refractivity contribution in [3.63, 3.8) is 0 Å². The molecule has 2 saturated heterocycles. The third-order valence-electron chi connectivity index (χ3n) is 4.70. The first kappa shape index (κ1) is 15.7. The van der Waals surface area contributed by atoms with Crippen molar-refractivity contribution < 1.29 is 24.2 Å². The SMILES string of the molecule is CCOc1ncccc1C(=O)N1C[C@H]2COCC[C@@]2(C(=O)O)C1. The summed E-state index contributed by atoms with van der Waals surface area (Å²) in [5, 5.41) is 9.68. The maximum atomic E-state index is 12.8. The molecule has 3 rings (SSSR count). The number of aliphatic carboxylic acids is 1. The first-order valence-electron chi connectivity index (χ1n) is 7.76. The van der Waals surface area contributed by atoms with E-state index in [-0.39, 0.29) is 24.2 Å². The molecule has 0 bridgehead atoms. The highest BCUT2D eigenvalue weighted by Crippen LogP contribution is 2.43.